The van der Waals surface area contributed by atoms with Gasteiger partial charge in [-0.3, -0.25) is 9.59 Å². The lowest BCUT2D eigenvalue weighted by Gasteiger charge is -2.24. The molecule has 0 saturated heterocycles. The van der Waals surface area contributed by atoms with Crippen LogP contribution in [0.2, 0.25) is 0 Å². The van der Waals surface area contributed by atoms with Crippen LogP contribution in [0.5, 0.6) is 0 Å². The Morgan fingerprint density at radius 1 is 1.15 bits per heavy atom. The Hall–Kier alpha value is -1.06. The van der Waals surface area contributed by atoms with Crippen LogP contribution in [0.3, 0.4) is 0 Å². The van der Waals surface area contributed by atoms with Gasteiger partial charge in [0.1, 0.15) is 0 Å². The molecule has 0 atom stereocenters. The van der Waals surface area contributed by atoms with Crippen LogP contribution in [0.15, 0.2) is 0 Å². The molecule has 2 N–H and O–H groups in total. The molecule has 0 aromatic heterocycles. The summed E-state index contributed by atoms with van der Waals surface area (Å²) in [6.07, 6.45) is 2.88. The highest BCUT2D eigenvalue weighted by molar-refractivity contribution is 5.77. The lowest BCUT2D eigenvalue weighted by Crippen LogP contribution is -2.30. The van der Waals surface area contributed by atoms with Crippen molar-refractivity contribution in [2.45, 2.75) is 25.7 Å². The van der Waals surface area contributed by atoms with E-state index in [-0.39, 0.29) is 23.7 Å². The highest BCUT2D eigenvalue weighted by Crippen LogP contribution is 2.29. The molecule has 0 spiro atoms. The number of ether oxygens (including phenoxy) is 1. The van der Waals surface area contributed by atoms with Crippen molar-refractivity contribution in [3.05, 3.63) is 0 Å². The second-order valence-electron chi connectivity index (χ2n) is 3.47. The normalized spacial score (nSPS) is 28.1. The summed E-state index contributed by atoms with van der Waals surface area (Å²) < 4.78 is 4.63. The van der Waals surface area contributed by atoms with E-state index in [1.165, 1.54) is 7.11 Å². The van der Waals surface area contributed by atoms with Gasteiger partial charge in [0, 0.05) is 5.92 Å². The summed E-state index contributed by atoms with van der Waals surface area (Å²) in [5.41, 5.74) is 5.17. The minimum atomic E-state index is -0.247. The third-order valence-electron chi connectivity index (χ3n) is 2.66. The first-order valence-corrected chi connectivity index (χ1v) is 4.52. The number of primary amides is 1. The molecular formula is C9H15NO3. The van der Waals surface area contributed by atoms with E-state index in [0.717, 1.165) is 25.7 Å². The van der Waals surface area contributed by atoms with Crippen molar-refractivity contribution in [2.24, 2.45) is 17.6 Å². The maximum absolute atomic E-state index is 11.1. The maximum Gasteiger partial charge on any atom is 0.308 e. The summed E-state index contributed by atoms with van der Waals surface area (Å²) in [6.45, 7) is 0. The van der Waals surface area contributed by atoms with Gasteiger partial charge in [-0.15, -0.1) is 0 Å². The van der Waals surface area contributed by atoms with E-state index in [0.29, 0.717) is 0 Å². The van der Waals surface area contributed by atoms with Crippen molar-refractivity contribution in [1.29, 1.82) is 0 Å². The molecule has 0 aromatic carbocycles. The monoisotopic (exact) mass is 185 g/mol. The van der Waals surface area contributed by atoms with Gasteiger partial charge in [0.15, 0.2) is 0 Å². The van der Waals surface area contributed by atoms with Gasteiger partial charge in [-0.05, 0) is 25.7 Å². The van der Waals surface area contributed by atoms with E-state index in [9.17, 15) is 9.59 Å². The van der Waals surface area contributed by atoms with Crippen molar-refractivity contribution in [1.82, 2.24) is 0 Å². The Morgan fingerprint density at radius 3 is 2.00 bits per heavy atom. The molecule has 1 aliphatic carbocycles. The molecule has 1 saturated carbocycles. The zero-order valence-corrected chi connectivity index (χ0v) is 7.79. The molecule has 1 fully saturated rings. The first-order valence-electron chi connectivity index (χ1n) is 4.52. The Kier molecular flexibility index (Phi) is 3.28. The number of hydrogen-bond acceptors (Lipinski definition) is 3. The molecule has 0 heterocycles. The van der Waals surface area contributed by atoms with Crippen LogP contribution in [0.1, 0.15) is 25.7 Å². The fraction of sp³-hybridized carbons (Fsp3) is 0.778. The fourth-order valence-corrected chi connectivity index (χ4v) is 1.78. The van der Waals surface area contributed by atoms with Gasteiger partial charge in [-0.25, -0.2) is 0 Å². The third-order valence-corrected chi connectivity index (χ3v) is 2.66. The Morgan fingerprint density at radius 2 is 1.62 bits per heavy atom. The van der Waals surface area contributed by atoms with Crippen molar-refractivity contribution < 1.29 is 14.3 Å². The quantitative estimate of drug-likeness (QED) is 0.635. The van der Waals surface area contributed by atoms with Crippen molar-refractivity contribution in [2.75, 3.05) is 7.11 Å². The smallest absolute Gasteiger partial charge is 0.308 e. The Balaban J connectivity index is 2.39. The van der Waals surface area contributed by atoms with Crippen LogP contribution in [0.4, 0.5) is 0 Å². The van der Waals surface area contributed by atoms with Gasteiger partial charge >= 0.3 is 5.97 Å². The van der Waals surface area contributed by atoms with Crippen molar-refractivity contribution in [3.8, 4) is 0 Å². The van der Waals surface area contributed by atoms with Crippen LogP contribution in [0.25, 0.3) is 0 Å². The van der Waals surface area contributed by atoms with Gasteiger partial charge < -0.3 is 10.5 Å². The van der Waals surface area contributed by atoms with Gasteiger partial charge in [-0.1, -0.05) is 0 Å². The molecular weight excluding hydrogens is 170 g/mol. The van der Waals surface area contributed by atoms with E-state index >= 15 is 0 Å². The summed E-state index contributed by atoms with van der Waals surface area (Å²) in [7, 11) is 1.39. The number of rotatable bonds is 2. The zero-order valence-electron chi connectivity index (χ0n) is 7.79. The summed E-state index contributed by atoms with van der Waals surface area (Å²) in [4.78, 5) is 21.9. The lowest BCUT2D eigenvalue weighted by molar-refractivity contribution is -0.147. The van der Waals surface area contributed by atoms with Gasteiger partial charge in [0.25, 0.3) is 0 Å². The summed E-state index contributed by atoms with van der Waals surface area (Å²) in [5, 5.41) is 0. The molecule has 13 heavy (non-hydrogen) atoms. The molecule has 1 amide bonds. The first kappa shape index (κ1) is 10.0. The predicted octanol–water partition coefficient (Wildman–Crippen LogP) is 0.451. The average Bonchev–Trinajstić information content (AvgIpc) is 2.17. The van der Waals surface area contributed by atoms with Gasteiger partial charge in [0.05, 0.1) is 13.0 Å². The molecule has 0 aliphatic heterocycles. The highest BCUT2D eigenvalue weighted by Gasteiger charge is 2.29. The predicted molar refractivity (Wildman–Crippen MR) is 46.7 cm³/mol. The van der Waals surface area contributed by atoms with Gasteiger partial charge in [0.2, 0.25) is 5.91 Å². The molecule has 1 rings (SSSR count). The molecule has 1 aliphatic rings. The molecule has 74 valence electrons. The summed E-state index contributed by atoms with van der Waals surface area (Å²) >= 11 is 0. The van der Waals surface area contributed by atoms with Crippen molar-refractivity contribution in [3.63, 3.8) is 0 Å². The zero-order chi connectivity index (χ0) is 9.84. The second kappa shape index (κ2) is 4.25. The van der Waals surface area contributed by atoms with Crippen LogP contribution in [-0.2, 0) is 14.3 Å². The second-order valence-corrected chi connectivity index (χ2v) is 3.47. The molecule has 4 nitrogen and oxygen atoms in total. The van der Waals surface area contributed by atoms with E-state index in [2.05, 4.69) is 4.74 Å². The fourth-order valence-electron chi connectivity index (χ4n) is 1.78. The van der Waals surface area contributed by atoms with E-state index in [1.54, 1.807) is 0 Å². The summed E-state index contributed by atoms with van der Waals surface area (Å²) in [6, 6.07) is 0. The number of methoxy groups -OCH3 is 1. The topological polar surface area (TPSA) is 69.4 Å². The van der Waals surface area contributed by atoms with E-state index in [1.807, 2.05) is 0 Å². The number of carbonyl (C=O) groups is 2. The van der Waals surface area contributed by atoms with Crippen LogP contribution in [-0.4, -0.2) is 19.0 Å². The number of esters is 1. The highest BCUT2D eigenvalue weighted by atomic mass is 16.5. The Labute approximate surface area is 77.4 Å². The van der Waals surface area contributed by atoms with Crippen LogP contribution >= 0.6 is 0 Å². The molecule has 0 aromatic rings. The lowest BCUT2D eigenvalue weighted by atomic mass is 9.82. The molecule has 0 radical (unpaired) electrons. The molecule has 4 heteroatoms. The SMILES string of the molecule is COC(=O)[C@H]1CC[C@@H](C(N)=O)CC1. The largest absolute Gasteiger partial charge is 0.469 e. The maximum atomic E-state index is 11.1. The average molecular weight is 185 g/mol. The Bertz CT molecular complexity index is 207. The van der Waals surface area contributed by atoms with Crippen LogP contribution < -0.4 is 5.73 Å². The van der Waals surface area contributed by atoms with Gasteiger partial charge in [-0.2, -0.15) is 0 Å². The third kappa shape index (κ3) is 2.44. The molecule has 0 unspecified atom stereocenters. The standard InChI is InChI=1S/C9H15NO3/c1-13-9(12)7-4-2-6(3-5-7)8(10)11/h6-7H,2-5H2,1H3,(H2,10,11)/t6-,7+. The number of carbonyl (C=O) groups excluding carboxylic acids is 2. The van der Waals surface area contributed by atoms with Crippen LogP contribution in [0, 0.1) is 11.8 Å². The number of hydrogen-bond donors (Lipinski definition) is 1. The summed E-state index contributed by atoms with van der Waals surface area (Å²) in [5.74, 6) is -0.479. The first-order chi connectivity index (χ1) is 6.15. The number of nitrogens with two attached hydrogens (primary N) is 1. The minimum absolute atomic E-state index is 0.0272. The van der Waals surface area contributed by atoms with Crippen molar-refractivity contribution >= 4 is 11.9 Å². The molecule has 0 bridgehead atoms. The minimum Gasteiger partial charge on any atom is -0.469 e. The van der Waals surface area contributed by atoms with E-state index in [4.69, 9.17) is 5.73 Å². The number of amides is 1. The van der Waals surface area contributed by atoms with E-state index < -0.39 is 0 Å².